The highest BCUT2D eigenvalue weighted by Gasteiger charge is 2.33. The van der Waals surface area contributed by atoms with Gasteiger partial charge < -0.3 is 5.32 Å². The Morgan fingerprint density at radius 1 is 1.14 bits per heavy atom. The Labute approximate surface area is 176 Å². The van der Waals surface area contributed by atoms with E-state index in [1.165, 1.54) is 11.5 Å². The average Bonchev–Trinajstić information content (AvgIpc) is 3.21. The summed E-state index contributed by atoms with van der Waals surface area (Å²) >= 11 is 1.32. The molecule has 9 heteroatoms. The first-order valence-corrected chi connectivity index (χ1v) is 12.1. The van der Waals surface area contributed by atoms with Crippen LogP contribution in [-0.4, -0.2) is 34.7 Å². The Hall–Kier alpha value is -1.84. The van der Waals surface area contributed by atoms with Crippen molar-refractivity contribution in [2.24, 2.45) is 5.92 Å². The van der Waals surface area contributed by atoms with Crippen molar-refractivity contribution >= 4 is 27.5 Å². The standard InChI is InChI=1S/C20H28N4O3S2/c1-20(2,3)29(26,27)23-17-10-8-16(9-11-17)19(25)21-12-14-4-6-15(7-5-14)18-13-28-24-22-18/h4-7,13,16-17,23H,8-12H2,1-3H3,(H,21,25)/t16-,17-. The summed E-state index contributed by atoms with van der Waals surface area (Å²) in [5.41, 5.74) is 2.88. The van der Waals surface area contributed by atoms with E-state index in [0.29, 0.717) is 32.2 Å². The number of benzene rings is 1. The normalized spacial score (nSPS) is 20.4. The lowest BCUT2D eigenvalue weighted by atomic mass is 9.86. The van der Waals surface area contributed by atoms with Gasteiger partial charge in [0.1, 0.15) is 5.69 Å². The van der Waals surface area contributed by atoms with Crippen molar-refractivity contribution in [2.75, 3.05) is 0 Å². The molecule has 29 heavy (non-hydrogen) atoms. The molecule has 0 radical (unpaired) electrons. The highest BCUT2D eigenvalue weighted by atomic mass is 32.2. The smallest absolute Gasteiger partial charge is 0.223 e. The van der Waals surface area contributed by atoms with Crippen LogP contribution in [0.2, 0.25) is 0 Å². The Morgan fingerprint density at radius 3 is 2.34 bits per heavy atom. The Balaban J connectivity index is 1.45. The molecule has 7 nitrogen and oxygen atoms in total. The number of rotatable bonds is 6. The molecule has 0 bridgehead atoms. The molecular weight excluding hydrogens is 408 g/mol. The van der Waals surface area contributed by atoms with Crippen LogP contribution < -0.4 is 10.0 Å². The van der Waals surface area contributed by atoms with Crippen molar-refractivity contribution in [2.45, 2.75) is 63.8 Å². The van der Waals surface area contributed by atoms with Crippen LogP contribution in [0.3, 0.4) is 0 Å². The molecule has 3 rings (SSSR count). The maximum Gasteiger partial charge on any atom is 0.223 e. The summed E-state index contributed by atoms with van der Waals surface area (Å²) in [6.07, 6.45) is 2.76. The molecule has 1 fully saturated rings. The number of nitrogens with zero attached hydrogens (tertiary/aromatic N) is 2. The predicted molar refractivity (Wildman–Crippen MR) is 115 cm³/mol. The molecule has 2 N–H and O–H groups in total. The van der Waals surface area contributed by atoms with E-state index in [1.54, 1.807) is 20.8 Å². The van der Waals surface area contributed by atoms with E-state index in [4.69, 9.17) is 0 Å². The van der Waals surface area contributed by atoms with E-state index < -0.39 is 14.8 Å². The quantitative estimate of drug-likeness (QED) is 0.725. The van der Waals surface area contributed by atoms with Crippen LogP contribution in [-0.2, 0) is 21.4 Å². The summed E-state index contributed by atoms with van der Waals surface area (Å²) in [6.45, 7) is 5.54. The van der Waals surface area contributed by atoms with Crippen LogP contribution in [0.4, 0.5) is 0 Å². The van der Waals surface area contributed by atoms with Crippen molar-refractivity contribution in [1.29, 1.82) is 0 Å². The summed E-state index contributed by atoms with van der Waals surface area (Å²) in [7, 11) is -3.36. The highest BCUT2D eigenvalue weighted by molar-refractivity contribution is 7.90. The molecule has 1 aromatic carbocycles. The molecule has 158 valence electrons. The third-order valence-corrected chi connectivity index (χ3v) is 8.06. The second kappa shape index (κ2) is 8.89. The lowest BCUT2D eigenvalue weighted by Crippen LogP contribution is -2.46. The minimum Gasteiger partial charge on any atom is -0.352 e. The van der Waals surface area contributed by atoms with E-state index in [-0.39, 0.29) is 17.9 Å². The van der Waals surface area contributed by atoms with Gasteiger partial charge in [-0.2, -0.15) is 0 Å². The van der Waals surface area contributed by atoms with Gasteiger partial charge in [-0.15, -0.1) is 5.10 Å². The summed E-state index contributed by atoms with van der Waals surface area (Å²) in [4.78, 5) is 12.5. The van der Waals surface area contributed by atoms with Gasteiger partial charge in [0, 0.05) is 29.4 Å². The van der Waals surface area contributed by atoms with Crippen LogP contribution in [0.15, 0.2) is 29.6 Å². The van der Waals surface area contributed by atoms with E-state index >= 15 is 0 Å². The largest absolute Gasteiger partial charge is 0.352 e. The SMILES string of the molecule is CC(C)(C)S(=O)(=O)N[C@H]1CC[C@H](C(=O)NCc2ccc(-c3csnn3)cc2)CC1. The molecular formula is C20H28N4O3S2. The van der Waals surface area contributed by atoms with Crippen LogP contribution in [0.25, 0.3) is 11.3 Å². The van der Waals surface area contributed by atoms with Crippen molar-refractivity contribution in [3.8, 4) is 11.3 Å². The fraction of sp³-hybridized carbons (Fsp3) is 0.550. The van der Waals surface area contributed by atoms with Gasteiger partial charge in [0.2, 0.25) is 15.9 Å². The molecule has 0 aliphatic heterocycles. The number of aromatic nitrogens is 2. The molecule has 0 spiro atoms. The van der Waals surface area contributed by atoms with Gasteiger partial charge in [-0.1, -0.05) is 28.8 Å². The third kappa shape index (κ3) is 5.61. The van der Waals surface area contributed by atoms with Crippen molar-refractivity contribution in [3.05, 3.63) is 35.2 Å². The topological polar surface area (TPSA) is 101 Å². The van der Waals surface area contributed by atoms with E-state index in [2.05, 4.69) is 19.6 Å². The van der Waals surface area contributed by atoms with Gasteiger partial charge in [0.15, 0.2) is 0 Å². The second-order valence-corrected chi connectivity index (χ2v) is 11.6. The number of carbonyl (C=O) groups is 1. The first-order valence-electron chi connectivity index (χ1n) is 9.82. The minimum absolute atomic E-state index is 0.0370. The molecule has 1 saturated carbocycles. The van der Waals surface area contributed by atoms with E-state index in [1.807, 2.05) is 29.6 Å². The van der Waals surface area contributed by atoms with Crippen LogP contribution >= 0.6 is 11.5 Å². The molecule has 0 unspecified atom stereocenters. The lowest BCUT2D eigenvalue weighted by molar-refractivity contribution is -0.126. The number of sulfonamides is 1. The summed E-state index contributed by atoms with van der Waals surface area (Å²) in [5.74, 6) is -0.0272. The minimum atomic E-state index is -3.36. The molecule has 0 atom stereocenters. The first kappa shape index (κ1) is 21.9. The van der Waals surface area contributed by atoms with Gasteiger partial charge in [-0.3, -0.25) is 4.79 Å². The number of amides is 1. The van der Waals surface area contributed by atoms with E-state index in [9.17, 15) is 13.2 Å². The fourth-order valence-corrected chi connectivity index (χ4v) is 4.78. The van der Waals surface area contributed by atoms with Crippen molar-refractivity contribution in [3.63, 3.8) is 0 Å². The van der Waals surface area contributed by atoms with Gasteiger partial charge in [0.25, 0.3) is 0 Å². The Morgan fingerprint density at radius 2 is 1.79 bits per heavy atom. The lowest BCUT2D eigenvalue weighted by Gasteiger charge is -2.30. The van der Waals surface area contributed by atoms with Crippen molar-refractivity contribution in [1.82, 2.24) is 19.6 Å². The predicted octanol–water partition coefficient (Wildman–Crippen LogP) is 3.10. The molecule has 2 aromatic rings. The molecule has 1 heterocycles. The average molecular weight is 437 g/mol. The number of nitrogens with one attached hydrogen (secondary N) is 2. The molecule has 1 aromatic heterocycles. The zero-order chi connectivity index (χ0) is 21.1. The first-order chi connectivity index (χ1) is 13.7. The number of hydrogen-bond donors (Lipinski definition) is 2. The molecule has 1 aliphatic rings. The summed E-state index contributed by atoms with van der Waals surface area (Å²) < 4.78 is 30.4. The van der Waals surface area contributed by atoms with Gasteiger partial charge >= 0.3 is 0 Å². The highest BCUT2D eigenvalue weighted by Crippen LogP contribution is 2.26. The second-order valence-electron chi connectivity index (χ2n) is 8.49. The molecule has 1 aliphatic carbocycles. The third-order valence-electron chi connectivity index (χ3n) is 5.30. The Bertz CT molecular complexity index is 912. The van der Waals surface area contributed by atoms with Crippen LogP contribution in [0.1, 0.15) is 52.0 Å². The number of carbonyl (C=O) groups excluding carboxylic acids is 1. The monoisotopic (exact) mass is 436 g/mol. The van der Waals surface area contributed by atoms with Crippen LogP contribution in [0, 0.1) is 5.92 Å². The van der Waals surface area contributed by atoms with Gasteiger partial charge in [-0.25, -0.2) is 13.1 Å². The number of hydrogen-bond acceptors (Lipinski definition) is 6. The zero-order valence-electron chi connectivity index (χ0n) is 17.0. The summed E-state index contributed by atoms with van der Waals surface area (Å²) in [6, 6.07) is 7.83. The van der Waals surface area contributed by atoms with E-state index in [0.717, 1.165) is 16.8 Å². The van der Waals surface area contributed by atoms with Gasteiger partial charge in [0.05, 0.1) is 4.75 Å². The Kier molecular flexibility index (Phi) is 6.70. The van der Waals surface area contributed by atoms with Gasteiger partial charge in [-0.05, 0) is 63.6 Å². The summed E-state index contributed by atoms with van der Waals surface area (Å²) in [5, 5.41) is 8.95. The zero-order valence-corrected chi connectivity index (χ0v) is 18.6. The maximum atomic E-state index is 12.5. The van der Waals surface area contributed by atoms with Crippen LogP contribution in [0.5, 0.6) is 0 Å². The fourth-order valence-electron chi connectivity index (χ4n) is 3.29. The molecule has 0 saturated heterocycles. The maximum absolute atomic E-state index is 12.5. The molecule has 1 amide bonds. The van der Waals surface area contributed by atoms with Crippen molar-refractivity contribution < 1.29 is 13.2 Å².